The summed E-state index contributed by atoms with van der Waals surface area (Å²) in [6.45, 7) is 23.1. The minimum atomic E-state index is 0.592. The van der Waals surface area contributed by atoms with Gasteiger partial charge in [0.15, 0.2) is 0 Å². The fraction of sp³-hybridized carbons (Fsp3) is 0.421. The van der Waals surface area contributed by atoms with Crippen molar-refractivity contribution < 1.29 is 0 Å². The molecule has 0 saturated heterocycles. The zero-order valence-electron chi connectivity index (χ0n) is 25.4. The molecule has 1 aliphatic rings. The van der Waals surface area contributed by atoms with Gasteiger partial charge in [-0.25, -0.2) is 0 Å². The molecule has 1 aliphatic carbocycles. The number of allylic oxidation sites excluding steroid dienone is 7. The second kappa shape index (κ2) is 16.2. The van der Waals surface area contributed by atoms with Crippen LogP contribution in [0.1, 0.15) is 115 Å². The van der Waals surface area contributed by atoms with Crippen molar-refractivity contribution in [1.29, 1.82) is 0 Å². The number of benzene rings is 2. The van der Waals surface area contributed by atoms with E-state index in [0.29, 0.717) is 5.92 Å². The van der Waals surface area contributed by atoms with Crippen molar-refractivity contribution in [3.8, 4) is 0 Å². The van der Waals surface area contributed by atoms with E-state index in [9.17, 15) is 0 Å². The summed E-state index contributed by atoms with van der Waals surface area (Å²) in [6.07, 6.45) is 15.1. The maximum Gasteiger partial charge on any atom is -0.0119 e. The number of hydrogen-bond donors (Lipinski definition) is 0. The van der Waals surface area contributed by atoms with E-state index < -0.39 is 0 Å². The Morgan fingerprint density at radius 3 is 1.87 bits per heavy atom. The van der Waals surface area contributed by atoms with Crippen LogP contribution in [0.4, 0.5) is 0 Å². The van der Waals surface area contributed by atoms with Gasteiger partial charge in [-0.15, -0.1) is 0 Å². The molecule has 0 aliphatic heterocycles. The average Bonchev–Trinajstić information content (AvgIpc) is 2.91. The zero-order chi connectivity index (χ0) is 28.1. The predicted molar refractivity (Wildman–Crippen MR) is 172 cm³/mol. The lowest BCUT2D eigenvalue weighted by atomic mass is 9.84. The molecule has 1 fully saturated rings. The van der Waals surface area contributed by atoms with Crippen molar-refractivity contribution in [3.05, 3.63) is 124 Å². The molecule has 3 rings (SSSR count). The van der Waals surface area contributed by atoms with Gasteiger partial charge in [0, 0.05) is 0 Å². The van der Waals surface area contributed by atoms with Crippen LogP contribution >= 0.6 is 0 Å². The highest BCUT2D eigenvalue weighted by atomic mass is 14.2. The maximum atomic E-state index is 3.96. The fourth-order valence-electron chi connectivity index (χ4n) is 4.90. The van der Waals surface area contributed by atoms with Crippen LogP contribution in [0.5, 0.6) is 0 Å². The molecule has 0 spiro atoms. The second-order valence-corrected chi connectivity index (χ2v) is 11.6. The molecule has 0 aromatic heterocycles. The lowest BCUT2D eigenvalue weighted by molar-refractivity contribution is 0.588. The van der Waals surface area contributed by atoms with Gasteiger partial charge in [0.05, 0.1) is 0 Å². The van der Waals surface area contributed by atoms with E-state index in [2.05, 4.69) is 108 Å². The van der Waals surface area contributed by atoms with Crippen LogP contribution in [-0.4, -0.2) is 0 Å². The van der Waals surface area contributed by atoms with Gasteiger partial charge < -0.3 is 0 Å². The Morgan fingerprint density at radius 1 is 0.868 bits per heavy atom. The summed E-state index contributed by atoms with van der Waals surface area (Å²) in [5, 5.41) is 0. The molecule has 0 amide bonds. The Morgan fingerprint density at radius 2 is 1.42 bits per heavy atom. The Hall–Kier alpha value is -2.86. The van der Waals surface area contributed by atoms with E-state index in [0.717, 1.165) is 17.9 Å². The van der Waals surface area contributed by atoms with E-state index in [1.165, 1.54) is 77.5 Å². The predicted octanol–water partition coefficient (Wildman–Crippen LogP) is 11.9. The zero-order valence-corrected chi connectivity index (χ0v) is 25.4. The molecule has 2 aromatic rings. The first-order valence-electron chi connectivity index (χ1n) is 14.7. The van der Waals surface area contributed by atoms with E-state index in [1.807, 2.05) is 19.9 Å². The highest BCUT2D eigenvalue weighted by Crippen LogP contribution is 2.35. The van der Waals surface area contributed by atoms with Crippen LogP contribution in [0.25, 0.3) is 5.57 Å². The lowest BCUT2D eigenvalue weighted by Crippen LogP contribution is -2.01. The summed E-state index contributed by atoms with van der Waals surface area (Å²) in [5.41, 5.74) is 12.3. The van der Waals surface area contributed by atoms with Crippen molar-refractivity contribution in [1.82, 2.24) is 0 Å². The molecule has 0 heterocycles. The molecule has 204 valence electrons. The Balaban J connectivity index is 0.000000296. The van der Waals surface area contributed by atoms with Crippen molar-refractivity contribution in [2.75, 3.05) is 0 Å². The number of hydrogen-bond acceptors (Lipinski definition) is 0. The number of aryl methyl sites for hydroxylation is 1. The fourth-order valence-corrected chi connectivity index (χ4v) is 4.90. The van der Waals surface area contributed by atoms with Gasteiger partial charge >= 0.3 is 0 Å². The molecule has 0 atom stereocenters. The van der Waals surface area contributed by atoms with Crippen LogP contribution in [0.15, 0.2) is 102 Å². The first kappa shape index (κ1) is 31.4. The third-order valence-electron chi connectivity index (χ3n) is 7.43. The van der Waals surface area contributed by atoms with Crippen molar-refractivity contribution in [3.63, 3.8) is 0 Å². The van der Waals surface area contributed by atoms with Gasteiger partial charge in [0.25, 0.3) is 0 Å². The molecular formula is C38H52. The molecule has 1 saturated carbocycles. The average molecular weight is 509 g/mol. The van der Waals surface area contributed by atoms with Gasteiger partial charge in [-0.05, 0) is 105 Å². The monoisotopic (exact) mass is 508 g/mol. The first-order chi connectivity index (χ1) is 18.2. The minimum absolute atomic E-state index is 0.592. The van der Waals surface area contributed by atoms with Crippen LogP contribution < -0.4 is 0 Å². The molecule has 0 bridgehead atoms. The highest BCUT2D eigenvalue weighted by Gasteiger charge is 2.15. The largest absolute Gasteiger partial charge is 0.0988 e. The third-order valence-corrected chi connectivity index (χ3v) is 7.43. The molecule has 2 aromatic carbocycles. The molecule has 0 radical (unpaired) electrons. The molecule has 0 unspecified atom stereocenters. The van der Waals surface area contributed by atoms with E-state index >= 15 is 0 Å². The van der Waals surface area contributed by atoms with Crippen LogP contribution in [0, 0.1) is 12.8 Å². The topological polar surface area (TPSA) is 0 Å². The Bertz CT molecular complexity index is 1100. The van der Waals surface area contributed by atoms with Gasteiger partial charge in [0.2, 0.25) is 0 Å². The summed E-state index contributed by atoms with van der Waals surface area (Å²) in [7, 11) is 0. The van der Waals surface area contributed by atoms with Crippen molar-refractivity contribution >= 4 is 5.57 Å². The molecule has 38 heavy (non-hydrogen) atoms. The number of rotatable bonds is 9. The van der Waals surface area contributed by atoms with Gasteiger partial charge in [-0.1, -0.05) is 131 Å². The van der Waals surface area contributed by atoms with Gasteiger partial charge in [-0.3, -0.25) is 0 Å². The third kappa shape index (κ3) is 10.1. The van der Waals surface area contributed by atoms with Crippen molar-refractivity contribution in [2.24, 2.45) is 5.92 Å². The van der Waals surface area contributed by atoms with Crippen LogP contribution in [0.3, 0.4) is 0 Å². The summed E-state index contributed by atoms with van der Waals surface area (Å²) in [4.78, 5) is 0. The SMILES string of the molecule is C=C/C(=C\C(=C/C)C(=C)C)CCC(C)C.Cc1ccc(C(=C2CCCCC2)c2ccc(C(C)C)cc2)cc1. The second-order valence-electron chi connectivity index (χ2n) is 11.6. The summed E-state index contributed by atoms with van der Waals surface area (Å²) in [5.74, 6) is 1.33. The molecule has 0 nitrogen and oxygen atoms in total. The summed E-state index contributed by atoms with van der Waals surface area (Å²) < 4.78 is 0. The highest BCUT2D eigenvalue weighted by molar-refractivity contribution is 5.82. The lowest BCUT2D eigenvalue weighted by Gasteiger charge is -2.21. The van der Waals surface area contributed by atoms with E-state index in [-0.39, 0.29) is 0 Å². The normalized spacial score (nSPS) is 14.3. The van der Waals surface area contributed by atoms with E-state index in [4.69, 9.17) is 0 Å². The smallest absolute Gasteiger partial charge is 0.0119 e. The van der Waals surface area contributed by atoms with E-state index in [1.54, 1.807) is 5.57 Å². The van der Waals surface area contributed by atoms with Gasteiger partial charge in [-0.2, -0.15) is 0 Å². The minimum Gasteiger partial charge on any atom is -0.0988 e. The van der Waals surface area contributed by atoms with Crippen molar-refractivity contribution in [2.45, 2.75) is 99.3 Å². The summed E-state index contributed by atoms with van der Waals surface area (Å²) >= 11 is 0. The molecule has 0 N–H and O–H groups in total. The van der Waals surface area contributed by atoms with Gasteiger partial charge in [0.1, 0.15) is 0 Å². The summed E-state index contributed by atoms with van der Waals surface area (Å²) in [6, 6.07) is 18.3. The van der Waals surface area contributed by atoms with Crippen LogP contribution in [-0.2, 0) is 0 Å². The Kier molecular flexibility index (Phi) is 13.4. The maximum absolute atomic E-state index is 3.96. The standard InChI is InChI=1S/C23H28.C15H24/c1-17(2)19-13-15-22(16-14-19)23(20-7-5-4-6-8-20)21-11-9-18(3)10-12-21;1-7-14(10-9-12(3)4)11-15(8-2)13(5)6/h9-17H,4-8H2,1-3H3;7-8,11-12H,1,5,9-10H2,2-4,6H3/b;14-11+,15-8+. The first-order valence-corrected chi connectivity index (χ1v) is 14.7. The molecule has 0 heteroatoms. The Labute approximate surface area is 235 Å². The van der Waals surface area contributed by atoms with Crippen LogP contribution in [0.2, 0.25) is 0 Å². The quantitative estimate of drug-likeness (QED) is 0.295. The molecular weight excluding hydrogens is 456 g/mol.